The Bertz CT molecular complexity index is 742. The Morgan fingerprint density at radius 3 is 2.25 bits per heavy atom. The van der Waals surface area contributed by atoms with E-state index in [1.165, 1.54) is 17.9 Å². The molecular weight excluding hydrogens is 314 g/mol. The van der Waals surface area contributed by atoms with Crippen LogP contribution in [0.15, 0.2) is 42.5 Å². The molecule has 0 unspecified atom stereocenters. The fourth-order valence-electron chi connectivity index (χ4n) is 2.38. The van der Waals surface area contributed by atoms with Crippen LogP contribution >= 0.6 is 0 Å². The van der Waals surface area contributed by atoms with Gasteiger partial charge in [-0.2, -0.15) is 0 Å². The van der Waals surface area contributed by atoms with E-state index in [1.807, 2.05) is 19.1 Å². The quantitative estimate of drug-likeness (QED) is 0.911. The highest BCUT2D eigenvalue weighted by atomic mass is 19.1. The number of halogens is 2. The Labute approximate surface area is 139 Å². The van der Waals surface area contributed by atoms with Gasteiger partial charge >= 0.3 is 0 Å². The number of hydrogen-bond acceptors (Lipinski definition) is 2. The molecule has 0 saturated heterocycles. The van der Waals surface area contributed by atoms with E-state index in [4.69, 9.17) is 0 Å². The smallest absolute Gasteiger partial charge is 0.244 e. The minimum Gasteiger partial charge on any atom is -0.320 e. The molecule has 0 spiro atoms. The topological polar surface area (TPSA) is 49.4 Å². The van der Waals surface area contributed by atoms with Crippen LogP contribution < -0.4 is 10.2 Å². The van der Waals surface area contributed by atoms with E-state index >= 15 is 0 Å². The number of aryl methyl sites for hydroxylation is 1. The van der Waals surface area contributed by atoms with Crippen LogP contribution in [0.25, 0.3) is 0 Å². The van der Waals surface area contributed by atoms with E-state index in [0.717, 1.165) is 17.7 Å². The Balaban J connectivity index is 2.22. The van der Waals surface area contributed by atoms with E-state index < -0.39 is 23.2 Å². The normalized spacial score (nSPS) is 10.3. The number of rotatable bonds is 5. The molecule has 1 N–H and O–H groups in total. The van der Waals surface area contributed by atoms with Crippen LogP contribution in [-0.2, 0) is 16.0 Å². The Kier molecular flexibility index (Phi) is 5.63. The zero-order valence-electron chi connectivity index (χ0n) is 13.5. The zero-order chi connectivity index (χ0) is 17.7. The first-order valence-corrected chi connectivity index (χ1v) is 7.54. The molecule has 126 valence electrons. The number of para-hydroxylation sites is 2. The molecule has 24 heavy (non-hydrogen) atoms. The van der Waals surface area contributed by atoms with Gasteiger partial charge < -0.3 is 10.2 Å². The van der Waals surface area contributed by atoms with Crippen molar-refractivity contribution in [2.75, 3.05) is 16.8 Å². The largest absolute Gasteiger partial charge is 0.320 e. The summed E-state index contributed by atoms with van der Waals surface area (Å²) >= 11 is 0. The van der Waals surface area contributed by atoms with Crippen molar-refractivity contribution >= 4 is 23.2 Å². The van der Waals surface area contributed by atoms with Crippen LogP contribution in [0, 0.1) is 11.6 Å². The van der Waals surface area contributed by atoms with Crippen molar-refractivity contribution in [1.82, 2.24) is 0 Å². The molecule has 0 aromatic heterocycles. The summed E-state index contributed by atoms with van der Waals surface area (Å²) in [6.07, 6.45) is 0.684. The predicted octanol–water partition coefficient (Wildman–Crippen LogP) is 3.52. The number of benzene rings is 2. The molecule has 0 atom stereocenters. The Morgan fingerprint density at radius 2 is 1.67 bits per heavy atom. The molecular formula is C18H18F2N2O2. The molecule has 2 aromatic carbocycles. The predicted molar refractivity (Wildman–Crippen MR) is 88.8 cm³/mol. The summed E-state index contributed by atoms with van der Waals surface area (Å²) in [7, 11) is 0. The Morgan fingerprint density at radius 1 is 1.04 bits per heavy atom. The lowest BCUT2D eigenvalue weighted by atomic mass is 10.1. The summed E-state index contributed by atoms with van der Waals surface area (Å²) in [5.41, 5.74) is 0.990. The average molecular weight is 332 g/mol. The third-order valence-electron chi connectivity index (χ3n) is 3.57. The van der Waals surface area contributed by atoms with E-state index in [9.17, 15) is 18.4 Å². The van der Waals surface area contributed by atoms with Crippen LogP contribution in [0.5, 0.6) is 0 Å². The summed E-state index contributed by atoms with van der Waals surface area (Å²) in [4.78, 5) is 25.4. The van der Waals surface area contributed by atoms with Crippen molar-refractivity contribution in [2.24, 2.45) is 0 Å². The van der Waals surface area contributed by atoms with Crippen LogP contribution in [-0.4, -0.2) is 18.4 Å². The maximum Gasteiger partial charge on any atom is 0.244 e. The molecule has 2 aromatic rings. The third kappa shape index (κ3) is 3.95. The number of nitrogens with zero attached hydrogens (tertiary/aromatic N) is 1. The van der Waals surface area contributed by atoms with Crippen molar-refractivity contribution in [2.45, 2.75) is 20.3 Å². The van der Waals surface area contributed by atoms with Crippen molar-refractivity contribution < 1.29 is 18.4 Å². The summed E-state index contributed by atoms with van der Waals surface area (Å²) in [5.74, 6) is -2.75. The second-order valence-electron chi connectivity index (χ2n) is 5.23. The number of hydrogen-bond donors (Lipinski definition) is 1. The second kappa shape index (κ2) is 7.68. The fraction of sp³-hybridized carbons (Fsp3) is 0.222. The molecule has 2 rings (SSSR count). The molecule has 2 amide bonds. The van der Waals surface area contributed by atoms with Gasteiger partial charge in [0, 0.05) is 12.6 Å². The van der Waals surface area contributed by atoms with Crippen molar-refractivity contribution in [3.8, 4) is 0 Å². The summed E-state index contributed by atoms with van der Waals surface area (Å²) in [6, 6.07) is 10.5. The second-order valence-corrected chi connectivity index (χ2v) is 5.23. The van der Waals surface area contributed by atoms with Gasteiger partial charge in [-0.1, -0.05) is 31.2 Å². The lowest BCUT2D eigenvalue weighted by Gasteiger charge is -2.23. The molecule has 4 nitrogen and oxygen atoms in total. The molecule has 0 aliphatic rings. The fourth-order valence-corrected chi connectivity index (χ4v) is 2.38. The maximum absolute atomic E-state index is 13.6. The number of carbonyl (C=O) groups is 2. The van der Waals surface area contributed by atoms with Gasteiger partial charge in [0.05, 0.1) is 0 Å². The van der Waals surface area contributed by atoms with Gasteiger partial charge in [-0.05, 0) is 30.2 Å². The first kappa shape index (κ1) is 17.6. The summed E-state index contributed by atoms with van der Waals surface area (Å²) in [5, 5.41) is 2.19. The van der Waals surface area contributed by atoms with Gasteiger partial charge in [0.25, 0.3) is 0 Å². The van der Waals surface area contributed by atoms with Gasteiger partial charge in [-0.25, -0.2) is 8.78 Å². The molecule has 0 aliphatic carbocycles. The number of anilines is 2. The third-order valence-corrected chi connectivity index (χ3v) is 3.57. The zero-order valence-corrected chi connectivity index (χ0v) is 13.5. The van der Waals surface area contributed by atoms with Crippen molar-refractivity contribution in [1.29, 1.82) is 0 Å². The van der Waals surface area contributed by atoms with Gasteiger partial charge in [-0.3, -0.25) is 9.59 Å². The lowest BCUT2D eigenvalue weighted by molar-refractivity contribution is -0.120. The van der Waals surface area contributed by atoms with Crippen LogP contribution in [0.1, 0.15) is 19.4 Å². The molecule has 0 radical (unpaired) electrons. The molecule has 0 bridgehead atoms. The van der Waals surface area contributed by atoms with Crippen LogP contribution in [0.3, 0.4) is 0 Å². The number of amides is 2. The van der Waals surface area contributed by atoms with Gasteiger partial charge in [0.2, 0.25) is 11.8 Å². The first-order valence-electron chi connectivity index (χ1n) is 7.54. The first-order chi connectivity index (χ1) is 11.4. The number of nitrogens with one attached hydrogen (secondary N) is 1. The minimum absolute atomic E-state index is 0.333. The molecule has 0 heterocycles. The van der Waals surface area contributed by atoms with E-state index in [2.05, 4.69) is 5.32 Å². The van der Waals surface area contributed by atoms with Crippen molar-refractivity contribution in [3.05, 3.63) is 59.7 Å². The van der Waals surface area contributed by atoms with Gasteiger partial charge in [0.15, 0.2) is 0 Å². The van der Waals surface area contributed by atoms with Gasteiger partial charge in [-0.15, -0.1) is 0 Å². The van der Waals surface area contributed by atoms with E-state index in [-0.39, 0.29) is 12.5 Å². The maximum atomic E-state index is 13.6. The van der Waals surface area contributed by atoms with E-state index in [1.54, 1.807) is 12.1 Å². The highest BCUT2D eigenvalue weighted by molar-refractivity contribution is 6.02. The summed E-state index contributed by atoms with van der Waals surface area (Å²) in [6.45, 7) is 2.94. The highest BCUT2D eigenvalue weighted by Crippen LogP contribution is 2.22. The Hall–Kier alpha value is -2.76. The van der Waals surface area contributed by atoms with E-state index in [0.29, 0.717) is 12.1 Å². The minimum atomic E-state index is -0.869. The summed E-state index contributed by atoms with van der Waals surface area (Å²) < 4.78 is 27.2. The monoisotopic (exact) mass is 332 g/mol. The molecule has 0 fully saturated rings. The standard InChI is InChI=1S/C18H18F2N2O2/c1-3-13-7-4-5-10-16(13)22(12(2)23)11-17(24)21-18-14(19)8-6-9-15(18)20/h4-10H,3,11H2,1-2H3,(H,21,24). The molecule has 6 heteroatoms. The molecule has 0 aliphatic heterocycles. The van der Waals surface area contributed by atoms with Crippen molar-refractivity contribution in [3.63, 3.8) is 0 Å². The highest BCUT2D eigenvalue weighted by Gasteiger charge is 2.19. The lowest BCUT2D eigenvalue weighted by Crippen LogP contribution is -2.37. The number of carbonyl (C=O) groups excluding carboxylic acids is 2. The van der Waals surface area contributed by atoms with Crippen LogP contribution in [0.2, 0.25) is 0 Å². The molecule has 0 saturated carbocycles. The van der Waals surface area contributed by atoms with Crippen LogP contribution in [0.4, 0.5) is 20.2 Å². The van der Waals surface area contributed by atoms with Gasteiger partial charge in [0.1, 0.15) is 23.9 Å². The average Bonchev–Trinajstić information content (AvgIpc) is 2.56. The SMILES string of the molecule is CCc1ccccc1N(CC(=O)Nc1c(F)cccc1F)C(C)=O.